The Kier molecular flexibility index (Phi) is 5.36. The van der Waals surface area contributed by atoms with E-state index in [2.05, 4.69) is 46.9 Å². The van der Waals surface area contributed by atoms with Crippen molar-refractivity contribution < 1.29 is 0 Å². The molecular formula is C14H22N2S. The summed E-state index contributed by atoms with van der Waals surface area (Å²) in [7, 11) is 0. The molecule has 0 aliphatic carbocycles. The summed E-state index contributed by atoms with van der Waals surface area (Å²) in [6.07, 6.45) is 1.31. The molecule has 0 bridgehead atoms. The van der Waals surface area contributed by atoms with Crippen LogP contribution in [0, 0.1) is 0 Å². The van der Waals surface area contributed by atoms with Gasteiger partial charge in [-0.3, -0.25) is 4.72 Å². The molecule has 94 valence electrons. The fraction of sp³-hybridized carbons (Fsp3) is 0.571. The van der Waals surface area contributed by atoms with Gasteiger partial charge in [0.2, 0.25) is 0 Å². The maximum Gasteiger partial charge on any atom is 0.0186 e. The van der Waals surface area contributed by atoms with E-state index in [0.717, 1.165) is 18.2 Å². The van der Waals surface area contributed by atoms with Gasteiger partial charge in [0, 0.05) is 25.4 Å². The average molecular weight is 250 g/mol. The predicted molar refractivity (Wildman–Crippen MR) is 76.4 cm³/mol. The highest BCUT2D eigenvalue weighted by atomic mass is 32.2. The van der Waals surface area contributed by atoms with Crippen molar-refractivity contribution in [2.45, 2.75) is 19.3 Å². The summed E-state index contributed by atoms with van der Waals surface area (Å²) >= 11 is 1.81. The van der Waals surface area contributed by atoms with Crippen molar-refractivity contribution in [3.63, 3.8) is 0 Å². The quantitative estimate of drug-likeness (QED) is 0.617. The van der Waals surface area contributed by atoms with Crippen LogP contribution in [0.4, 0.5) is 0 Å². The molecule has 1 aromatic carbocycles. The Morgan fingerprint density at radius 3 is 2.94 bits per heavy atom. The molecule has 1 aliphatic rings. The minimum absolute atomic E-state index is 0.745. The molecular weight excluding hydrogens is 228 g/mol. The third-order valence-electron chi connectivity index (χ3n) is 3.32. The van der Waals surface area contributed by atoms with E-state index in [9.17, 15) is 0 Å². The van der Waals surface area contributed by atoms with Gasteiger partial charge in [-0.05, 0) is 24.4 Å². The first-order valence-electron chi connectivity index (χ1n) is 6.52. The molecule has 3 heteroatoms. The van der Waals surface area contributed by atoms with Gasteiger partial charge in [-0.2, -0.15) is 0 Å². The predicted octanol–water partition coefficient (Wildman–Crippen LogP) is 2.73. The van der Waals surface area contributed by atoms with Crippen LogP contribution in [0.25, 0.3) is 0 Å². The second-order valence-corrected chi connectivity index (χ2v) is 5.68. The van der Waals surface area contributed by atoms with E-state index >= 15 is 0 Å². The summed E-state index contributed by atoms with van der Waals surface area (Å²) in [6, 6.07) is 10.9. The Balaban J connectivity index is 1.72. The number of likely N-dealkylation sites (tertiary alicyclic amines) is 1. The fourth-order valence-electron chi connectivity index (χ4n) is 2.41. The standard InChI is InChI=1S/C14H22N2S/c1-2-17-15-9-11-16-10-8-14(12-16)13-6-4-3-5-7-13/h3-7,14-15H,2,8-12H2,1H3. The lowest BCUT2D eigenvalue weighted by Crippen LogP contribution is -2.28. The molecule has 0 amide bonds. The molecule has 17 heavy (non-hydrogen) atoms. The molecule has 1 aliphatic heterocycles. The van der Waals surface area contributed by atoms with E-state index in [-0.39, 0.29) is 0 Å². The van der Waals surface area contributed by atoms with Crippen molar-refractivity contribution in [2.24, 2.45) is 0 Å². The number of hydrogen-bond acceptors (Lipinski definition) is 3. The molecule has 0 saturated carbocycles. The minimum Gasteiger partial charge on any atom is -0.301 e. The molecule has 1 unspecified atom stereocenters. The van der Waals surface area contributed by atoms with E-state index in [4.69, 9.17) is 0 Å². The molecule has 1 fully saturated rings. The smallest absolute Gasteiger partial charge is 0.0186 e. The molecule has 0 radical (unpaired) electrons. The molecule has 2 rings (SSSR count). The first-order valence-corrected chi connectivity index (χ1v) is 7.50. The van der Waals surface area contributed by atoms with Gasteiger partial charge in [0.25, 0.3) is 0 Å². The minimum atomic E-state index is 0.745. The second kappa shape index (κ2) is 7.04. The maximum atomic E-state index is 3.39. The first-order chi connectivity index (χ1) is 8.40. The Labute approximate surface area is 109 Å². The van der Waals surface area contributed by atoms with Crippen LogP contribution >= 0.6 is 11.9 Å². The lowest BCUT2D eigenvalue weighted by Gasteiger charge is -2.16. The molecule has 1 aromatic rings. The normalized spacial score (nSPS) is 20.9. The highest BCUT2D eigenvalue weighted by Crippen LogP contribution is 2.26. The van der Waals surface area contributed by atoms with Crippen molar-refractivity contribution in [3.05, 3.63) is 35.9 Å². The zero-order valence-electron chi connectivity index (χ0n) is 10.6. The summed E-state index contributed by atoms with van der Waals surface area (Å²) < 4.78 is 3.39. The van der Waals surface area contributed by atoms with Crippen LogP contribution in [0.5, 0.6) is 0 Å². The number of nitrogens with zero attached hydrogens (tertiary/aromatic N) is 1. The van der Waals surface area contributed by atoms with Crippen LogP contribution in [0.2, 0.25) is 0 Å². The van der Waals surface area contributed by atoms with Gasteiger partial charge < -0.3 is 4.90 Å². The van der Waals surface area contributed by atoms with Gasteiger partial charge in [0.05, 0.1) is 0 Å². The zero-order chi connectivity index (χ0) is 11.9. The lowest BCUT2D eigenvalue weighted by atomic mass is 9.99. The molecule has 1 heterocycles. The van der Waals surface area contributed by atoms with Crippen LogP contribution in [-0.4, -0.2) is 36.8 Å². The van der Waals surface area contributed by atoms with Gasteiger partial charge >= 0.3 is 0 Å². The SMILES string of the molecule is CCSNCCN1CCC(c2ccccc2)C1. The van der Waals surface area contributed by atoms with Crippen molar-refractivity contribution in [1.29, 1.82) is 0 Å². The van der Waals surface area contributed by atoms with Crippen molar-refractivity contribution in [2.75, 3.05) is 31.9 Å². The van der Waals surface area contributed by atoms with Crippen LogP contribution in [-0.2, 0) is 0 Å². The largest absolute Gasteiger partial charge is 0.301 e. The van der Waals surface area contributed by atoms with Gasteiger partial charge in [-0.1, -0.05) is 49.2 Å². The van der Waals surface area contributed by atoms with Gasteiger partial charge in [-0.15, -0.1) is 0 Å². The Bertz CT molecular complexity index is 315. The maximum absolute atomic E-state index is 3.39. The third-order valence-corrected chi connectivity index (χ3v) is 4.02. The topological polar surface area (TPSA) is 15.3 Å². The Hall–Kier alpha value is -0.510. The van der Waals surface area contributed by atoms with E-state index < -0.39 is 0 Å². The summed E-state index contributed by atoms with van der Waals surface area (Å²) in [6.45, 7) is 6.93. The zero-order valence-corrected chi connectivity index (χ0v) is 11.4. The Morgan fingerprint density at radius 1 is 1.35 bits per heavy atom. The van der Waals surface area contributed by atoms with Crippen LogP contribution < -0.4 is 4.72 Å². The molecule has 1 N–H and O–H groups in total. The molecule has 1 saturated heterocycles. The highest BCUT2D eigenvalue weighted by molar-refractivity contribution is 7.97. The van der Waals surface area contributed by atoms with Gasteiger partial charge in [0.15, 0.2) is 0 Å². The fourth-order valence-corrected chi connectivity index (χ4v) is 2.85. The molecule has 0 aromatic heterocycles. The first kappa shape index (κ1) is 12.9. The average Bonchev–Trinajstić information content (AvgIpc) is 2.85. The Morgan fingerprint density at radius 2 is 2.18 bits per heavy atom. The third kappa shape index (κ3) is 4.02. The van der Waals surface area contributed by atoms with Gasteiger partial charge in [0.1, 0.15) is 0 Å². The van der Waals surface area contributed by atoms with Crippen molar-refractivity contribution >= 4 is 11.9 Å². The van der Waals surface area contributed by atoms with E-state index in [1.807, 2.05) is 11.9 Å². The van der Waals surface area contributed by atoms with Crippen LogP contribution in [0.15, 0.2) is 30.3 Å². The monoisotopic (exact) mass is 250 g/mol. The van der Waals surface area contributed by atoms with Crippen molar-refractivity contribution in [3.8, 4) is 0 Å². The molecule has 1 atom stereocenters. The highest BCUT2D eigenvalue weighted by Gasteiger charge is 2.22. The summed E-state index contributed by atoms with van der Waals surface area (Å²) in [5, 5.41) is 0. The number of benzene rings is 1. The second-order valence-electron chi connectivity index (χ2n) is 4.52. The summed E-state index contributed by atoms with van der Waals surface area (Å²) in [5.41, 5.74) is 1.51. The summed E-state index contributed by atoms with van der Waals surface area (Å²) in [5.74, 6) is 1.89. The van der Waals surface area contributed by atoms with Crippen LogP contribution in [0.1, 0.15) is 24.8 Å². The van der Waals surface area contributed by atoms with E-state index in [1.165, 1.54) is 31.6 Å². The van der Waals surface area contributed by atoms with E-state index in [1.54, 1.807) is 0 Å². The number of rotatable bonds is 6. The van der Waals surface area contributed by atoms with E-state index in [0.29, 0.717) is 0 Å². The molecule has 0 spiro atoms. The molecule has 2 nitrogen and oxygen atoms in total. The number of nitrogens with one attached hydrogen (secondary N) is 1. The lowest BCUT2D eigenvalue weighted by molar-refractivity contribution is 0.341. The van der Waals surface area contributed by atoms with Gasteiger partial charge in [-0.25, -0.2) is 0 Å². The number of hydrogen-bond donors (Lipinski definition) is 1. The van der Waals surface area contributed by atoms with Crippen molar-refractivity contribution in [1.82, 2.24) is 9.62 Å². The van der Waals surface area contributed by atoms with Crippen LogP contribution in [0.3, 0.4) is 0 Å². The summed E-state index contributed by atoms with van der Waals surface area (Å²) in [4.78, 5) is 2.57.